The second-order valence-electron chi connectivity index (χ2n) is 6.57. The van der Waals surface area contributed by atoms with Crippen molar-refractivity contribution in [3.8, 4) is 0 Å². The molecule has 1 amide bonds. The van der Waals surface area contributed by atoms with Crippen LogP contribution in [0, 0.1) is 5.92 Å². The van der Waals surface area contributed by atoms with Crippen molar-refractivity contribution < 1.29 is 13.2 Å². The van der Waals surface area contributed by atoms with E-state index in [0.29, 0.717) is 38.5 Å². The molecule has 24 heavy (non-hydrogen) atoms. The number of benzene rings is 1. The van der Waals surface area contributed by atoms with Crippen LogP contribution in [-0.4, -0.2) is 49.7 Å². The lowest BCUT2D eigenvalue weighted by Gasteiger charge is -2.34. The molecule has 0 aromatic heterocycles. The van der Waals surface area contributed by atoms with Crippen molar-refractivity contribution in [1.82, 2.24) is 9.21 Å². The summed E-state index contributed by atoms with van der Waals surface area (Å²) in [6, 6.07) is 6.48. The Labute approximate surface area is 148 Å². The fourth-order valence-electron chi connectivity index (χ4n) is 3.56. The van der Waals surface area contributed by atoms with Crippen LogP contribution in [0.1, 0.15) is 32.1 Å². The number of halogens is 1. The van der Waals surface area contributed by atoms with Gasteiger partial charge in [-0.3, -0.25) is 4.79 Å². The van der Waals surface area contributed by atoms with E-state index < -0.39 is 10.0 Å². The zero-order valence-corrected chi connectivity index (χ0v) is 15.2. The van der Waals surface area contributed by atoms with Crippen molar-refractivity contribution in [1.29, 1.82) is 0 Å². The topological polar surface area (TPSA) is 57.7 Å². The van der Waals surface area contributed by atoms with Gasteiger partial charge in [-0.25, -0.2) is 8.42 Å². The van der Waals surface area contributed by atoms with Crippen molar-refractivity contribution in [3.63, 3.8) is 0 Å². The fraction of sp³-hybridized carbons (Fsp3) is 0.588. The van der Waals surface area contributed by atoms with Gasteiger partial charge in [-0.15, -0.1) is 0 Å². The largest absolute Gasteiger partial charge is 0.340 e. The number of sulfonamides is 1. The number of amides is 1. The fourth-order valence-corrected chi connectivity index (χ4v) is 5.48. The number of nitrogens with zero attached hydrogens (tertiary/aromatic N) is 2. The maximum absolute atomic E-state index is 12.7. The van der Waals surface area contributed by atoms with Crippen LogP contribution in [0.25, 0.3) is 0 Å². The zero-order chi connectivity index (χ0) is 17.2. The first-order valence-corrected chi connectivity index (χ1v) is 10.3. The summed E-state index contributed by atoms with van der Waals surface area (Å²) in [6.45, 7) is 1.55. The molecule has 0 atom stereocenters. The molecule has 1 saturated carbocycles. The van der Waals surface area contributed by atoms with Crippen molar-refractivity contribution in [2.75, 3.05) is 26.2 Å². The van der Waals surface area contributed by atoms with E-state index in [1.54, 1.807) is 23.1 Å². The van der Waals surface area contributed by atoms with E-state index in [9.17, 15) is 13.2 Å². The molecule has 1 heterocycles. The highest BCUT2D eigenvalue weighted by atomic mass is 35.5. The second kappa shape index (κ2) is 7.42. The molecular weight excluding hydrogens is 348 g/mol. The van der Waals surface area contributed by atoms with E-state index in [1.807, 2.05) is 0 Å². The predicted octanol–water partition coefficient (Wildman–Crippen LogP) is 2.75. The Morgan fingerprint density at radius 3 is 2.33 bits per heavy atom. The Morgan fingerprint density at radius 1 is 1.08 bits per heavy atom. The van der Waals surface area contributed by atoms with Crippen LogP contribution < -0.4 is 0 Å². The Balaban J connectivity index is 1.60. The summed E-state index contributed by atoms with van der Waals surface area (Å²) in [5.41, 5.74) is 0. The summed E-state index contributed by atoms with van der Waals surface area (Å²) in [6.07, 6.45) is 5.35. The first-order valence-electron chi connectivity index (χ1n) is 8.51. The minimum atomic E-state index is -3.60. The average Bonchev–Trinajstić information content (AvgIpc) is 3.08. The number of hydrogen-bond acceptors (Lipinski definition) is 3. The van der Waals surface area contributed by atoms with Gasteiger partial charge in [0.2, 0.25) is 15.9 Å². The number of carbonyl (C=O) groups is 1. The highest BCUT2D eigenvalue weighted by molar-refractivity contribution is 7.89. The third-order valence-electron chi connectivity index (χ3n) is 4.98. The van der Waals surface area contributed by atoms with Gasteiger partial charge in [-0.1, -0.05) is 36.6 Å². The van der Waals surface area contributed by atoms with E-state index in [1.165, 1.54) is 23.2 Å². The normalized spacial score (nSPS) is 20.5. The molecule has 1 aromatic carbocycles. The average molecular weight is 371 g/mol. The number of hydrogen-bond donors (Lipinski definition) is 0. The van der Waals surface area contributed by atoms with Gasteiger partial charge in [-0.2, -0.15) is 4.31 Å². The molecule has 0 N–H and O–H groups in total. The first-order chi connectivity index (χ1) is 11.5. The van der Waals surface area contributed by atoms with Crippen LogP contribution >= 0.6 is 11.6 Å². The molecular formula is C17H23ClN2O3S. The standard InChI is InChI=1S/C17H23ClN2O3S/c18-15-7-3-4-8-16(15)24(22,23)20-11-9-19(10-12-20)17(21)13-14-5-1-2-6-14/h3-4,7-8,14H,1-2,5-6,9-13H2. The highest BCUT2D eigenvalue weighted by Gasteiger charge is 2.32. The summed E-state index contributed by atoms with van der Waals surface area (Å²) in [7, 11) is -3.60. The Bertz CT molecular complexity index is 694. The van der Waals surface area contributed by atoms with Crippen LogP contribution in [0.4, 0.5) is 0 Å². The SMILES string of the molecule is O=C(CC1CCCC1)N1CCN(S(=O)(=O)c2ccccc2Cl)CC1. The molecule has 0 radical (unpaired) electrons. The minimum absolute atomic E-state index is 0.136. The molecule has 3 rings (SSSR count). The molecule has 0 unspecified atom stereocenters. The molecule has 1 aliphatic carbocycles. The summed E-state index contributed by atoms with van der Waals surface area (Å²) in [5, 5.41) is 0.234. The van der Waals surface area contributed by atoms with E-state index in [2.05, 4.69) is 0 Å². The van der Waals surface area contributed by atoms with E-state index in [-0.39, 0.29) is 15.8 Å². The third kappa shape index (κ3) is 3.76. The number of carbonyl (C=O) groups excluding carboxylic acids is 1. The number of rotatable bonds is 4. The minimum Gasteiger partial charge on any atom is -0.340 e. The van der Waals surface area contributed by atoms with Gasteiger partial charge in [0.05, 0.1) is 5.02 Å². The predicted molar refractivity (Wildman–Crippen MR) is 93.4 cm³/mol. The Hall–Kier alpha value is -1.11. The quantitative estimate of drug-likeness (QED) is 0.818. The van der Waals surface area contributed by atoms with Crippen molar-refractivity contribution in [2.24, 2.45) is 5.92 Å². The maximum Gasteiger partial charge on any atom is 0.244 e. The molecule has 7 heteroatoms. The summed E-state index contributed by atoms with van der Waals surface area (Å²) in [4.78, 5) is 14.3. The van der Waals surface area contributed by atoms with Crippen molar-refractivity contribution in [3.05, 3.63) is 29.3 Å². The zero-order valence-electron chi connectivity index (χ0n) is 13.7. The van der Waals surface area contributed by atoms with Crippen LogP contribution in [0.15, 0.2) is 29.2 Å². The van der Waals surface area contributed by atoms with Crippen LogP contribution in [-0.2, 0) is 14.8 Å². The Morgan fingerprint density at radius 2 is 1.71 bits per heavy atom. The summed E-state index contributed by atoms with van der Waals surface area (Å²) < 4.78 is 26.8. The molecule has 0 bridgehead atoms. The lowest BCUT2D eigenvalue weighted by Crippen LogP contribution is -2.50. The molecule has 1 aromatic rings. The molecule has 1 aliphatic heterocycles. The first kappa shape index (κ1) is 17.7. The molecule has 5 nitrogen and oxygen atoms in total. The lowest BCUT2D eigenvalue weighted by molar-refractivity contribution is -0.133. The van der Waals surface area contributed by atoms with Crippen LogP contribution in [0.5, 0.6) is 0 Å². The second-order valence-corrected chi connectivity index (χ2v) is 8.88. The monoisotopic (exact) mass is 370 g/mol. The molecule has 2 aliphatic rings. The smallest absolute Gasteiger partial charge is 0.244 e. The van der Waals surface area contributed by atoms with Crippen LogP contribution in [0.3, 0.4) is 0 Å². The van der Waals surface area contributed by atoms with Crippen molar-refractivity contribution >= 4 is 27.5 Å². The van der Waals surface area contributed by atoms with Gasteiger partial charge in [-0.05, 0) is 30.9 Å². The van der Waals surface area contributed by atoms with Crippen molar-refractivity contribution in [2.45, 2.75) is 37.0 Å². The van der Waals surface area contributed by atoms with E-state index >= 15 is 0 Å². The third-order valence-corrected chi connectivity index (χ3v) is 7.38. The molecule has 2 fully saturated rings. The summed E-state index contributed by atoms with van der Waals surface area (Å²) in [5.74, 6) is 0.680. The highest BCUT2D eigenvalue weighted by Crippen LogP contribution is 2.29. The van der Waals surface area contributed by atoms with Gasteiger partial charge in [0.15, 0.2) is 0 Å². The molecule has 1 saturated heterocycles. The van der Waals surface area contributed by atoms with Gasteiger partial charge in [0.25, 0.3) is 0 Å². The maximum atomic E-state index is 12.7. The van der Waals surface area contributed by atoms with Gasteiger partial charge < -0.3 is 4.90 Å². The Kier molecular flexibility index (Phi) is 5.47. The molecule has 0 spiro atoms. The van der Waals surface area contributed by atoms with Gasteiger partial charge >= 0.3 is 0 Å². The number of piperazine rings is 1. The van der Waals surface area contributed by atoms with E-state index in [0.717, 1.165) is 12.8 Å². The van der Waals surface area contributed by atoms with Gasteiger partial charge in [0.1, 0.15) is 4.90 Å². The van der Waals surface area contributed by atoms with Crippen LogP contribution in [0.2, 0.25) is 5.02 Å². The van der Waals surface area contributed by atoms with E-state index in [4.69, 9.17) is 11.6 Å². The summed E-state index contributed by atoms with van der Waals surface area (Å²) >= 11 is 6.03. The molecule has 132 valence electrons. The lowest BCUT2D eigenvalue weighted by atomic mass is 10.0. The van der Waals surface area contributed by atoms with Gasteiger partial charge in [0, 0.05) is 32.6 Å².